The Balaban J connectivity index is 0.00000162. The van der Waals surface area contributed by atoms with E-state index in [1.54, 1.807) is 0 Å². The van der Waals surface area contributed by atoms with Crippen LogP contribution >= 0.6 is 0 Å². The molecular weight excluding hydrogens is 278 g/mol. The van der Waals surface area contributed by atoms with Crippen molar-refractivity contribution in [3.8, 4) is 0 Å². The number of halogens is 3. The van der Waals surface area contributed by atoms with Crippen molar-refractivity contribution >= 4 is 5.97 Å². The minimum atomic E-state index is -4.80. The molecule has 0 saturated heterocycles. The molecule has 0 amide bonds. The molecule has 98 valence electrons. The molecule has 0 unspecified atom stereocenters. The Morgan fingerprint density at radius 2 is 1.89 bits per heavy atom. The molecule has 0 bridgehead atoms. The van der Waals surface area contributed by atoms with Crippen molar-refractivity contribution in [3.63, 3.8) is 0 Å². The molecule has 0 radical (unpaired) electrons. The Labute approximate surface area is 145 Å². The Bertz CT molecular complexity index is 338. The van der Waals surface area contributed by atoms with E-state index in [1.807, 2.05) is 0 Å². The first-order valence-corrected chi connectivity index (χ1v) is 5.44. The molecule has 18 heavy (non-hydrogen) atoms. The molecule has 2 rings (SSSR count). The van der Waals surface area contributed by atoms with Gasteiger partial charge in [0.2, 0.25) is 0 Å². The van der Waals surface area contributed by atoms with Crippen molar-refractivity contribution in [2.75, 3.05) is 6.54 Å². The van der Waals surface area contributed by atoms with Crippen molar-refractivity contribution in [1.82, 2.24) is 5.32 Å². The summed E-state index contributed by atoms with van der Waals surface area (Å²) in [6, 6.07) is 0. The Morgan fingerprint density at radius 1 is 1.39 bits per heavy atom. The number of alkyl halides is 3. The second-order valence-corrected chi connectivity index (χ2v) is 5.08. The number of aliphatic carboxylic acids is 1. The first kappa shape index (κ1) is 16.9. The van der Waals surface area contributed by atoms with E-state index in [0.29, 0.717) is 12.5 Å². The van der Waals surface area contributed by atoms with Crippen LogP contribution in [0, 0.1) is 5.92 Å². The number of nitrogens with one attached hydrogen (secondary N) is 1. The van der Waals surface area contributed by atoms with Gasteiger partial charge in [-0.3, -0.25) is 0 Å². The van der Waals surface area contributed by atoms with E-state index in [0.717, 1.165) is 12.8 Å². The fraction of sp³-hybridized carbons (Fsp3) is 0.900. The second kappa shape index (κ2) is 5.31. The van der Waals surface area contributed by atoms with Crippen molar-refractivity contribution < 1.29 is 79.6 Å². The predicted octanol–water partition coefficient (Wildman–Crippen LogP) is -3.43. The summed E-state index contributed by atoms with van der Waals surface area (Å²) >= 11 is 0. The van der Waals surface area contributed by atoms with Crippen molar-refractivity contribution in [2.45, 2.75) is 43.0 Å². The molecule has 0 aliphatic heterocycles. The normalized spacial score (nSPS) is 35.6. The fourth-order valence-corrected chi connectivity index (χ4v) is 2.15. The SMILES string of the molecule is O=C([O-])C1(NCC2CC2)CC(O)(C(F)(F)F)C1.[K+]. The van der Waals surface area contributed by atoms with Crippen molar-refractivity contribution in [1.29, 1.82) is 0 Å². The molecule has 2 N–H and O–H groups in total. The smallest absolute Gasteiger partial charge is 0.548 e. The molecule has 0 atom stereocenters. The number of carbonyl (C=O) groups excluding carboxylic acids is 1. The van der Waals surface area contributed by atoms with Gasteiger partial charge in [0.25, 0.3) is 0 Å². The van der Waals surface area contributed by atoms with Crippen LogP contribution in [0.5, 0.6) is 0 Å². The zero-order valence-corrected chi connectivity index (χ0v) is 13.1. The summed E-state index contributed by atoms with van der Waals surface area (Å²) in [4.78, 5) is 10.9. The fourth-order valence-electron chi connectivity index (χ4n) is 2.15. The Hall–Kier alpha value is 0.816. The van der Waals surface area contributed by atoms with Gasteiger partial charge < -0.3 is 20.3 Å². The first-order valence-electron chi connectivity index (χ1n) is 5.44. The minimum Gasteiger partial charge on any atom is -0.548 e. The minimum absolute atomic E-state index is 0. The predicted molar refractivity (Wildman–Crippen MR) is 48.7 cm³/mol. The van der Waals surface area contributed by atoms with Crippen molar-refractivity contribution in [2.24, 2.45) is 5.92 Å². The summed E-state index contributed by atoms with van der Waals surface area (Å²) in [6.45, 7) is 0.363. The van der Waals surface area contributed by atoms with E-state index < -0.39 is 36.1 Å². The number of rotatable bonds is 4. The number of hydrogen-bond acceptors (Lipinski definition) is 4. The second-order valence-electron chi connectivity index (χ2n) is 5.08. The van der Waals surface area contributed by atoms with Gasteiger partial charge in [-0.25, -0.2) is 0 Å². The third-order valence-electron chi connectivity index (χ3n) is 3.53. The maximum absolute atomic E-state index is 12.4. The molecule has 4 nitrogen and oxygen atoms in total. The van der Waals surface area contributed by atoms with E-state index in [9.17, 15) is 28.2 Å². The van der Waals surface area contributed by atoms with Gasteiger partial charge >= 0.3 is 57.6 Å². The summed E-state index contributed by atoms with van der Waals surface area (Å²) in [6.07, 6.45) is -4.64. The summed E-state index contributed by atoms with van der Waals surface area (Å²) < 4.78 is 37.2. The van der Waals surface area contributed by atoms with E-state index >= 15 is 0 Å². The molecule has 0 heterocycles. The molecular formula is C10H13F3KNO3. The van der Waals surface area contributed by atoms with Crippen LogP contribution in [0.15, 0.2) is 0 Å². The Morgan fingerprint density at radius 3 is 2.22 bits per heavy atom. The van der Waals surface area contributed by atoms with E-state index in [1.165, 1.54) is 0 Å². The number of carboxylic acid groups (broad SMARTS) is 1. The van der Waals surface area contributed by atoms with Crippen LogP contribution in [0.4, 0.5) is 13.2 Å². The molecule has 2 fully saturated rings. The van der Waals surface area contributed by atoms with Gasteiger partial charge in [0, 0.05) is 12.8 Å². The molecule has 0 aromatic carbocycles. The molecule has 2 saturated carbocycles. The number of carboxylic acids is 1. The maximum atomic E-state index is 12.4. The third-order valence-corrected chi connectivity index (χ3v) is 3.53. The largest absolute Gasteiger partial charge is 1.00 e. The van der Waals surface area contributed by atoms with E-state index in [-0.39, 0.29) is 51.4 Å². The number of hydrogen-bond donors (Lipinski definition) is 2. The third kappa shape index (κ3) is 3.10. The zero-order chi connectivity index (χ0) is 12.9. The number of carbonyl (C=O) groups is 1. The number of aliphatic hydroxyl groups is 1. The Kier molecular flexibility index (Phi) is 4.97. The summed E-state index contributed by atoms with van der Waals surface area (Å²) in [5.74, 6) is -1.24. The van der Waals surface area contributed by atoms with Crippen LogP contribution in [-0.2, 0) is 4.79 Å². The molecule has 2 aliphatic carbocycles. The quantitative estimate of drug-likeness (QED) is 0.529. The van der Waals surface area contributed by atoms with Crippen LogP contribution in [-0.4, -0.2) is 34.9 Å². The maximum Gasteiger partial charge on any atom is 1.00 e. The van der Waals surface area contributed by atoms with Crippen LogP contribution in [0.2, 0.25) is 0 Å². The van der Waals surface area contributed by atoms with Gasteiger partial charge in [-0.05, 0) is 25.3 Å². The van der Waals surface area contributed by atoms with Gasteiger partial charge in [0.05, 0.1) is 11.5 Å². The topological polar surface area (TPSA) is 72.4 Å². The van der Waals surface area contributed by atoms with Gasteiger partial charge in [-0.2, -0.15) is 13.2 Å². The summed E-state index contributed by atoms with van der Waals surface area (Å²) in [5, 5.41) is 22.8. The summed E-state index contributed by atoms with van der Waals surface area (Å²) in [7, 11) is 0. The average molecular weight is 291 g/mol. The van der Waals surface area contributed by atoms with Crippen LogP contribution in [0.25, 0.3) is 0 Å². The van der Waals surface area contributed by atoms with Crippen LogP contribution in [0.1, 0.15) is 25.7 Å². The van der Waals surface area contributed by atoms with Crippen molar-refractivity contribution in [3.05, 3.63) is 0 Å². The van der Waals surface area contributed by atoms with Gasteiger partial charge in [0.15, 0.2) is 5.60 Å². The van der Waals surface area contributed by atoms with Gasteiger partial charge in [0.1, 0.15) is 0 Å². The summed E-state index contributed by atoms with van der Waals surface area (Å²) in [5.41, 5.74) is -4.63. The van der Waals surface area contributed by atoms with Gasteiger partial charge in [-0.1, -0.05) is 0 Å². The zero-order valence-electron chi connectivity index (χ0n) is 10.0. The molecule has 2 aliphatic rings. The molecule has 0 aromatic heterocycles. The standard InChI is InChI=1S/C10H14F3NO3.K/c11-10(12,13)9(17)4-8(5-9,7(15)16)14-3-6-1-2-6;/h6,14,17H,1-5H2,(H,15,16);/q;+1/p-1. The van der Waals surface area contributed by atoms with E-state index in [4.69, 9.17) is 0 Å². The first-order chi connectivity index (χ1) is 7.69. The van der Waals surface area contributed by atoms with E-state index in [2.05, 4.69) is 5.32 Å². The molecule has 0 aromatic rings. The monoisotopic (exact) mass is 291 g/mol. The molecule has 0 spiro atoms. The van der Waals surface area contributed by atoms with Crippen LogP contribution < -0.4 is 61.8 Å². The van der Waals surface area contributed by atoms with Gasteiger partial charge in [-0.15, -0.1) is 0 Å². The van der Waals surface area contributed by atoms with Crippen LogP contribution in [0.3, 0.4) is 0 Å². The average Bonchev–Trinajstić information content (AvgIpc) is 2.91. The molecule has 8 heteroatoms.